The summed E-state index contributed by atoms with van der Waals surface area (Å²) >= 11 is 1.70. The number of ether oxygens (including phenoxy) is 1. The van der Waals surface area contributed by atoms with E-state index < -0.39 is 0 Å². The fourth-order valence-electron chi connectivity index (χ4n) is 1.66. The molecule has 0 aliphatic rings. The summed E-state index contributed by atoms with van der Waals surface area (Å²) in [5.41, 5.74) is 1.16. The van der Waals surface area contributed by atoms with Crippen LogP contribution < -0.4 is 4.74 Å². The molecule has 108 valence electrons. The second-order valence-electron chi connectivity index (χ2n) is 3.93. The zero-order valence-corrected chi connectivity index (χ0v) is 13.7. The molecule has 0 unspecified atom stereocenters. The van der Waals surface area contributed by atoms with Gasteiger partial charge in [-0.2, -0.15) is 0 Å². The molecule has 0 saturated heterocycles. The maximum absolute atomic E-state index is 5.11. The Labute approximate surface area is 122 Å². The number of hydrogen-bond acceptors (Lipinski definition) is 3. The molecule has 3 heteroatoms. The monoisotopic (exact) mass is 281 g/mol. The predicted octanol–water partition coefficient (Wildman–Crippen LogP) is 4.41. The average Bonchev–Trinajstić information content (AvgIpc) is 2.48. The van der Waals surface area contributed by atoms with E-state index in [0.29, 0.717) is 0 Å². The zero-order chi connectivity index (χ0) is 14.7. The van der Waals surface area contributed by atoms with Crippen LogP contribution in [0.1, 0.15) is 26.3 Å². The number of nitrogens with zero attached hydrogens (tertiary/aromatic N) is 1. The predicted molar refractivity (Wildman–Crippen MR) is 88.3 cm³/mol. The first kappa shape index (κ1) is 18.1. The summed E-state index contributed by atoms with van der Waals surface area (Å²) in [4.78, 5) is 3.57. The van der Waals surface area contributed by atoms with Crippen molar-refractivity contribution in [3.8, 4) is 5.75 Å². The minimum atomic E-state index is 0.893. The van der Waals surface area contributed by atoms with Crippen molar-refractivity contribution in [3.63, 3.8) is 0 Å². The Hall–Kier alpha value is -0.930. The van der Waals surface area contributed by atoms with Crippen LogP contribution >= 0.6 is 11.8 Å². The molecule has 0 spiro atoms. The summed E-state index contributed by atoms with van der Waals surface area (Å²) in [6.45, 7) is 13.9. The van der Waals surface area contributed by atoms with Crippen molar-refractivity contribution in [1.82, 2.24) is 4.90 Å². The van der Waals surface area contributed by atoms with Crippen LogP contribution in [0, 0.1) is 0 Å². The van der Waals surface area contributed by atoms with Gasteiger partial charge in [-0.1, -0.05) is 39.5 Å². The Morgan fingerprint density at radius 3 is 2.11 bits per heavy atom. The van der Waals surface area contributed by atoms with Gasteiger partial charge in [-0.05, 0) is 43.6 Å². The minimum absolute atomic E-state index is 0.893. The number of methoxy groups -OCH3 is 1. The molecule has 1 rings (SSSR count). The van der Waals surface area contributed by atoms with Crippen LogP contribution in [-0.2, 0) is 0 Å². The topological polar surface area (TPSA) is 12.5 Å². The van der Waals surface area contributed by atoms with Gasteiger partial charge in [0.25, 0.3) is 0 Å². The molecule has 2 nitrogen and oxygen atoms in total. The van der Waals surface area contributed by atoms with Crippen LogP contribution in [0.15, 0.2) is 29.7 Å². The van der Waals surface area contributed by atoms with Gasteiger partial charge in [0.2, 0.25) is 0 Å². The maximum Gasteiger partial charge on any atom is 0.120 e. The lowest BCUT2D eigenvalue weighted by Crippen LogP contribution is -2.21. The first-order valence-electron chi connectivity index (χ1n) is 6.73. The number of benzene rings is 1. The molecule has 19 heavy (non-hydrogen) atoms. The zero-order valence-electron chi connectivity index (χ0n) is 12.9. The van der Waals surface area contributed by atoms with Crippen molar-refractivity contribution in [1.29, 1.82) is 0 Å². The standard InChI is InChI=1S/C10H12OS.C6H15N/c1-4-8-5-6-9(11-2)7-10(8)12-3;1-4-7(5-2)6-3/h4-7H,1H2,2-3H3;4-6H2,1-3H3. The molecule has 0 saturated carbocycles. The van der Waals surface area contributed by atoms with Crippen molar-refractivity contribution in [3.05, 3.63) is 30.3 Å². The quantitative estimate of drug-likeness (QED) is 0.717. The molecule has 0 aromatic heterocycles. The highest BCUT2D eigenvalue weighted by atomic mass is 32.2. The van der Waals surface area contributed by atoms with Gasteiger partial charge in [0, 0.05) is 4.90 Å². The molecule has 0 aliphatic carbocycles. The number of rotatable bonds is 6. The normalized spacial score (nSPS) is 9.79. The third kappa shape index (κ3) is 6.69. The van der Waals surface area contributed by atoms with E-state index in [4.69, 9.17) is 4.74 Å². The molecule has 0 bridgehead atoms. The van der Waals surface area contributed by atoms with Gasteiger partial charge in [-0.3, -0.25) is 0 Å². The summed E-state index contributed by atoms with van der Waals surface area (Å²) in [6, 6.07) is 5.97. The molecule has 1 aromatic rings. The minimum Gasteiger partial charge on any atom is -0.497 e. The molecule has 0 heterocycles. The Morgan fingerprint density at radius 1 is 1.21 bits per heavy atom. The summed E-state index contributed by atoms with van der Waals surface area (Å²) in [6.07, 6.45) is 3.90. The average molecular weight is 281 g/mol. The largest absolute Gasteiger partial charge is 0.497 e. The van der Waals surface area contributed by atoms with E-state index in [9.17, 15) is 0 Å². The maximum atomic E-state index is 5.11. The van der Waals surface area contributed by atoms with Crippen molar-refractivity contribution in [2.75, 3.05) is 33.0 Å². The molecule has 0 radical (unpaired) electrons. The fraction of sp³-hybridized carbons (Fsp3) is 0.500. The summed E-state index contributed by atoms with van der Waals surface area (Å²) in [5.74, 6) is 0.893. The molecule has 0 atom stereocenters. The Balaban J connectivity index is 0.000000399. The van der Waals surface area contributed by atoms with Gasteiger partial charge in [-0.15, -0.1) is 11.8 Å². The highest BCUT2D eigenvalue weighted by Crippen LogP contribution is 2.25. The van der Waals surface area contributed by atoms with Crippen LogP contribution in [0.3, 0.4) is 0 Å². The highest BCUT2D eigenvalue weighted by molar-refractivity contribution is 7.98. The molecular weight excluding hydrogens is 254 g/mol. The van der Waals surface area contributed by atoms with Gasteiger partial charge >= 0.3 is 0 Å². The molecule has 1 aromatic carbocycles. The summed E-state index contributed by atoms with van der Waals surface area (Å²) in [7, 11) is 1.67. The van der Waals surface area contributed by atoms with Crippen LogP contribution in [0.25, 0.3) is 6.08 Å². The lowest BCUT2D eigenvalue weighted by molar-refractivity contribution is 0.321. The molecule has 0 fully saturated rings. The third-order valence-electron chi connectivity index (χ3n) is 3.00. The number of thioether (sulfide) groups is 1. The van der Waals surface area contributed by atoms with Gasteiger partial charge in [-0.25, -0.2) is 0 Å². The Kier molecular flexibility index (Phi) is 10.4. The van der Waals surface area contributed by atoms with Gasteiger partial charge < -0.3 is 9.64 Å². The molecular formula is C16H27NOS. The van der Waals surface area contributed by atoms with Crippen LogP contribution in [-0.4, -0.2) is 37.9 Å². The van der Waals surface area contributed by atoms with E-state index in [-0.39, 0.29) is 0 Å². The van der Waals surface area contributed by atoms with Crippen LogP contribution in [0.2, 0.25) is 0 Å². The molecule has 0 N–H and O–H groups in total. The Bertz CT molecular complexity index is 356. The second-order valence-corrected chi connectivity index (χ2v) is 4.78. The lowest BCUT2D eigenvalue weighted by Gasteiger charge is -2.13. The van der Waals surface area contributed by atoms with Crippen molar-refractivity contribution >= 4 is 17.8 Å². The summed E-state index contributed by atoms with van der Waals surface area (Å²) < 4.78 is 5.11. The van der Waals surface area contributed by atoms with Gasteiger partial charge in [0.05, 0.1) is 7.11 Å². The lowest BCUT2D eigenvalue weighted by atomic mass is 10.2. The van der Waals surface area contributed by atoms with E-state index in [1.54, 1.807) is 18.9 Å². The smallest absolute Gasteiger partial charge is 0.120 e. The van der Waals surface area contributed by atoms with E-state index in [2.05, 4.69) is 32.3 Å². The third-order valence-corrected chi connectivity index (χ3v) is 3.80. The van der Waals surface area contributed by atoms with Gasteiger partial charge in [0.1, 0.15) is 5.75 Å². The SMILES string of the molecule is C=Cc1ccc(OC)cc1SC.CCN(CC)CC. The van der Waals surface area contributed by atoms with E-state index in [1.807, 2.05) is 30.5 Å². The van der Waals surface area contributed by atoms with Crippen molar-refractivity contribution < 1.29 is 4.74 Å². The van der Waals surface area contributed by atoms with Crippen LogP contribution in [0.4, 0.5) is 0 Å². The first-order chi connectivity index (χ1) is 9.16. The molecule has 0 amide bonds. The van der Waals surface area contributed by atoms with Gasteiger partial charge in [0.15, 0.2) is 0 Å². The molecule has 0 aliphatic heterocycles. The van der Waals surface area contributed by atoms with Crippen LogP contribution in [0.5, 0.6) is 5.75 Å². The first-order valence-corrected chi connectivity index (χ1v) is 7.95. The van der Waals surface area contributed by atoms with E-state index in [1.165, 1.54) is 24.5 Å². The number of hydrogen-bond donors (Lipinski definition) is 0. The summed E-state index contributed by atoms with van der Waals surface area (Å²) in [5, 5.41) is 0. The van der Waals surface area contributed by atoms with E-state index in [0.717, 1.165) is 11.3 Å². The Morgan fingerprint density at radius 2 is 1.79 bits per heavy atom. The van der Waals surface area contributed by atoms with Crippen molar-refractivity contribution in [2.45, 2.75) is 25.7 Å². The fourth-order valence-corrected chi connectivity index (χ4v) is 2.28. The second kappa shape index (κ2) is 10.9. The highest BCUT2D eigenvalue weighted by Gasteiger charge is 1.99. The van der Waals surface area contributed by atoms with Crippen molar-refractivity contribution in [2.24, 2.45) is 0 Å². The van der Waals surface area contributed by atoms with E-state index >= 15 is 0 Å².